The fraction of sp³-hybridized carbons (Fsp3) is 0.391. The molecule has 3 N–H and O–H groups in total. The third-order valence-corrected chi connectivity index (χ3v) is 5.88. The molecule has 4 rings (SSSR count). The number of benzene rings is 1. The summed E-state index contributed by atoms with van der Waals surface area (Å²) in [5.74, 6) is -1.04. The minimum absolute atomic E-state index is 0.0383. The number of pyridine rings is 1. The van der Waals surface area contributed by atoms with Gasteiger partial charge in [-0.25, -0.2) is 14.8 Å². The van der Waals surface area contributed by atoms with E-state index in [-0.39, 0.29) is 47.1 Å². The van der Waals surface area contributed by atoms with Gasteiger partial charge in [0.05, 0.1) is 20.3 Å². The second-order valence-corrected chi connectivity index (χ2v) is 8.01. The average molecular weight is 492 g/mol. The highest BCUT2D eigenvalue weighted by molar-refractivity contribution is 6.00. The van der Waals surface area contributed by atoms with E-state index in [9.17, 15) is 22.8 Å². The summed E-state index contributed by atoms with van der Waals surface area (Å²) >= 11 is 0. The summed E-state index contributed by atoms with van der Waals surface area (Å²) < 4.78 is 55.6. The number of alkyl halides is 3. The van der Waals surface area contributed by atoms with Crippen LogP contribution in [0.25, 0.3) is 22.4 Å². The molecule has 0 aliphatic heterocycles. The Morgan fingerprint density at radius 2 is 1.94 bits per heavy atom. The molecule has 0 unspecified atom stereocenters. The Morgan fingerprint density at radius 1 is 1.20 bits per heavy atom. The quantitative estimate of drug-likeness (QED) is 0.479. The molecule has 2 aromatic heterocycles. The van der Waals surface area contributed by atoms with E-state index in [1.165, 1.54) is 25.3 Å². The van der Waals surface area contributed by atoms with Gasteiger partial charge in [-0.1, -0.05) is 0 Å². The Kier molecular flexibility index (Phi) is 6.41. The van der Waals surface area contributed by atoms with Crippen LogP contribution in [0.4, 0.5) is 13.2 Å². The van der Waals surface area contributed by atoms with Crippen molar-refractivity contribution in [2.75, 3.05) is 13.7 Å². The van der Waals surface area contributed by atoms with Crippen molar-refractivity contribution in [1.82, 2.24) is 15.3 Å². The lowest BCUT2D eigenvalue weighted by atomic mass is 9.76. The molecule has 1 fully saturated rings. The first kappa shape index (κ1) is 24.5. The third-order valence-electron chi connectivity index (χ3n) is 5.88. The molecule has 2 heterocycles. The van der Waals surface area contributed by atoms with Gasteiger partial charge in [-0.15, -0.1) is 0 Å². The molecule has 0 bridgehead atoms. The van der Waals surface area contributed by atoms with Crippen LogP contribution in [0.1, 0.15) is 48.1 Å². The van der Waals surface area contributed by atoms with Gasteiger partial charge >= 0.3 is 12.1 Å². The van der Waals surface area contributed by atoms with Crippen LogP contribution in [0.15, 0.2) is 28.7 Å². The molecule has 0 radical (unpaired) electrons. The summed E-state index contributed by atoms with van der Waals surface area (Å²) in [7, 11) is 1.32. The summed E-state index contributed by atoms with van der Waals surface area (Å²) in [5, 5.41) is 2.98. The van der Waals surface area contributed by atoms with E-state index in [1.807, 2.05) is 0 Å². The van der Waals surface area contributed by atoms with Crippen molar-refractivity contribution < 1.29 is 36.7 Å². The number of nitrogens with one attached hydrogen (secondary N) is 1. The van der Waals surface area contributed by atoms with E-state index >= 15 is 0 Å². The van der Waals surface area contributed by atoms with E-state index in [1.54, 1.807) is 6.92 Å². The molecule has 1 aliphatic rings. The SMILES string of the molecule is CCOC(=O)C1(NC(=O)c2nc(-c3ccc(OC)c4nc(C(F)(F)F)ccc34)oc2CN)CCC1. The number of hydrogen-bond acceptors (Lipinski definition) is 8. The van der Waals surface area contributed by atoms with Crippen molar-refractivity contribution in [1.29, 1.82) is 0 Å². The maximum atomic E-state index is 13.2. The molecule has 0 atom stereocenters. The second kappa shape index (κ2) is 9.17. The Labute approximate surface area is 197 Å². The van der Waals surface area contributed by atoms with Crippen molar-refractivity contribution in [3.05, 3.63) is 41.4 Å². The highest BCUT2D eigenvalue weighted by Gasteiger charge is 2.47. The van der Waals surface area contributed by atoms with E-state index in [0.29, 0.717) is 18.4 Å². The van der Waals surface area contributed by atoms with Crippen molar-refractivity contribution in [2.45, 2.75) is 44.4 Å². The number of rotatable bonds is 7. The summed E-state index contributed by atoms with van der Waals surface area (Å²) in [6.07, 6.45) is -3.04. The predicted octanol–water partition coefficient (Wildman–Crippen LogP) is 3.59. The zero-order valence-corrected chi connectivity index (χ0v) is 19.0. The Bertz CT molecular complexity index is 1280. The number of amides is 1. The lowest BCUT2D eigenvalue weighted by molar-refractivity contribution is -0.154. The average Bonchev–Trinajstić information content (AvgIpc) is 3.24. The number of carbonyl (C=O) groups is 2. The molecule has 9 nitrogen and oxygen atoms in total. The third kappa shape index (κ3) is 4.41. The number of esters is 1. The lowest BCUT2D eigenvalue weighted by Crippen LogP contribution is -2.59. The van der Waals surface area contributed by atoms with E-state index < -0.39 is 29.3 Å². The molecule has 1 amide bonds. The van der Waals surface area contributed by atoms with Crippen LogP contribution >= 0.6 is 0 Å². The molecule has 12 heteroatoms. The van der Waals surface area contributed by atoms with Crippen LogP contribution in [0, 0.1) is 0 Å². The fourth-order valence-electron chi connectivity index (χ4n) is 3.94. The number of carbonyl (C=O) groups excluding carboxylic acids is 2. The first-order chi connectivity index (χ1) is 16.6. The summed E-state index contributed by atoms with van der Waals surface area (Å²) in [5.41, 5.74) is 3.66. The Hall–Kier alpha value is -3.67. The molecule has 35 heavy (non-hydrogen) atoms. The standard InChI is InChI=1S/C23H23F3N4O5/c1-3-34-21(32)22(9-4-10-22)30-19(31)18-15(11-27)35-20(29-18)13-5-7-14(33-2)17-12(13)6-8-16(28-17)23(24,25)26/h5-8H,3-4,9-11,27H2,1-2H3,(H,30,31). The van der Waals surface area contributed by atoms with Gasteiger partial charge in [0, 0.05) is 10.9 Å². The molecule has 3 aromatic rings. The van der Waals surface area contributed by atoms with Crippen LogP contribution in [0.3, 0.4) is 0 Å². The number of halogens is 3. The Morgan fingerprint density at radius 3 is 2.51 bits per heavy atom. The first-order valence-electron chi connectivity index (χ1n) is 10.9. The maximum Gasteiger partial charge on any atom is 0.433 e. The van der Waals surface area contributed by atoms with Crippen molar-refractivity contribution in [3.63, 3.8) is 0 Å². The number of ether oxygens (including phenoxy) is 2. The highest BCUT2D eigenvalue weighted by atomic mass is 19.4. The minimum Gasteiger partial charge on any atom is -0.494 e. The second-order valence-electron chi connectivity index (χ2n) is 8.01. The highest BCUT2D eigenvalue weighted by Crippen LogP contribution is 2.37. The number of fused-ring (bicyclic) bond motifs is 1. The maximum absolute atomic E-state index is 13.2. The zero-order valence-electron chi connectivity index (χ0n) is 19.0. The largest absolute Gasteiger partial charge is 0.494 e. The van der Waals surface area contributed by atoms with Gasteiger partial charge in [-0.3, -0.25) is 4.79 Å². The summed E-state index contributed by atoms with van der Waals surface area (Å²) in [6.45, 7) is 1.67. The summed E-state index contributed by atoms with van der Waals surface area (Å²) in [6, 6.07) is 5.04. The van der Waals surface area contributed by atoms with Gasteiger partial charge in [0.15, 0.2) is 11.5 Å². The number of hydrogen-bond donors (Lipinski definition) is 2. The first-order valence-corrected chi connectivity index (χ1v) is 10.9. The molecule has 1 saturated carbocycles. The molecular weight excluding hydrogens is 469 g/mol. The number of methoxy groups -OCH3 is 1. The number of nitrogens with two attached hydrogens (primary N) is 1. The van der Waals surface area contributed by atoms with Gasteiger partial charge in [0.1, 0.15) is 22.5 Å². The van der Waals surface area contributed by atoms with Crippen LogP contribution in [-0.2, 0) is 22.3 Å². The normalized spacial score (nSPS) is 14.9. The molecule has 1 aromatic carbocycles. The van der Waals surface area contributed by atoms with Crippen LogP contribution in [0.2, 0.25) is 0 Å². The molecule has 186 valence electrons. The number of aromatic nitrogens is 2. The van der Waals surface area contributed by atoms with Crippen molar-refractivity contribution >= 4 is 22.8 Å². The zero-order chi connectivity index (χ0) is 25.4. The van der Waals surface area contributed by atoms with Gasteiger partial charge < -0.3 is 24.9 Å². The van der Waals surface area contributed by atoms with Gasteiger partial charge in [0.2, 0.25) is 5.89 Å². The van der Waals surface area contributed by atoms with Crippen molar-refractivity contribution in [2.24, 2.45) is 5.73 Å². The Balaban J connectivity index is 1.74. The fourth-order valence-corrected chi connectivity index (χ4v) is 3.94. The van der Waals surface area contributed by atoms with E-state index in [0.717, 1.165) is 12.5 Å². The van der Waals surface area contributed by atoms with Gasteiger partial charge in [-0.05, 0) is 50.5 Å². The monoisotopic (exact) mass is 492 g/mol. The van der Waals surface area contributed by atoms with Crippen LogP contribution < -0.4 is 15.8 Å². The molecule has 0 saturated heterocycles. The van der Waals surface area contributed by atoms with Crippen LogP contribution in [-0.4, -0.2) is 41.1 Å². The van der Waals surface area contributed by atoms with Gasteiger partial charge in [-0.2, -0.15) is 13.2 Å². The van der Waals surface area contributed by atoms with E-state index in [4.69, 9.17) is 19.6 Å². The number of oxazole rings is 1. The lowest BCUT2D eigenvalue weighted by Gasteiger charge is -2.39. The van der Waals surface area contributed by atoms with Crippen molar-refractivity contribution in [3.8, 4) is 17.2 Å². The van der Waals surface area contributed by atoms with Crippen LogP contribution in [0.5, 0.6) is 5.75 Å². The summed E-state index contributed by atoms with van der Waals surface area (Å²) in [4.78, 5) is 33.4. The van der Waals surface area contributed by atoms with E-state index in [2.05, 4.69) is 15.3 Å². The molecule has 0 spiro atoms. The molecular formula is C23H23F3N4O5. The number of nitrogens with zero attached hydrogens (tertiary/aromatic N) is 2. The molecule has 1 aliphatic carbocycles. The predicted molar refractivity (Wildman–Crippen MR) is 117 cm³/mol. The minimum atomic E-state index is -4.65. The smallest absolute Gasteiger partial charge is 0.433 e. The van der Waals surface area contributed by atoms with Gasteiger partial charge in [0.25, 0.3) is 5.91 Å². The topological polar surface area (TPSA) is 130 Å².